The van der Waals surface area contributed by atoms with Crippen molar-refractivity contribution in [2.75, 3.05) is 24.5 Å². The summed E-state index contributed by atoms with van der Waals surface area (Å²) in [5.41, 5.74) is 0. The predicted octanol–water partition coefficient (Wildman–Crippen LogP) is 2.29. The van der Waals surface area contributed by atoms with Crippen LogP contribution in [0, 0.1) is 11.8 Å². The second-order valence-electron chi connectivity index (χ2n) is 7.35. The van der Waals surface area contributed by atoms with Gasteiger partial charge in [0.15, 0.2) is 0 Å². The molecule has 2 N–H and O–H groups in total. The van der Waals surface area contributed by atoms with Crippen LogP contribution < -0.4 is 10.2 Å². The average Bonchev–Trinajstić information content (AvgIpc) is 3.14. The molecule has 3 heterocycles. The molecule has 1 aromatic heterocycles. The van der Waals surface area contributed by atoms with Crippen LogP contribution in [-0.2, 0) is 0 Å². The molecule has 5 nitrogen and oxygen atoms in total. The molecule has 0 aromatic carbocycles. The molecule has 4 rings (SSSR count). The molecular weight excluding hydrogens is 262 g/mol. The lowest BCUT2D eigenvalue weighted by molar-refractivity contribution is 0.339. The molecule has 2 atom stereocenters. The number of piperidine rings is 1. The van der Waals surface area contributed by atoms with Crippen LogP contribution >= 0.6 is 0 Å². The topological polar surface area (TPSA) is 56.8 Å². The molecule has 2 saturated heterocycles. The minimum Gasteiger partial charge on any atom is -0.338 e. The molecule has 0 radical (unpaired) electrons. The van der Waals surface area contributed by atoms with E-state index in [-0.39, 0.29) is 0 Å². The highest BCUT2D eigenvalue weighted by atomic mass is 15.4. The third-order valence-electron chi connectivity index (χ3n) is 5.78. The minimum absolute atomic E-state index is 0.602. The fourth-order valence-corrected chi connectivity index (χ4v) is 4.33. The minimum atomic E-state index is 0.602. The van der Waals surface area contributed by atoms with Crippen LogP contribution in [0.15, 0.2) is 0 Å². The van der Waals surface area contributed by atoms with E-state index < -0.39 is 0 Å². The van der Waals surface area contributed by atoms with Gasteiger partial charge >= 0.3 is 0 Å². The van der Waals surface area contributed by atoms with E-state index in [1.165, 1.54) is 45.1 Å². The number of fused-ring (bicyclic) bond motifs is 1. The van der Waals surface area contributed by atoms with Gasteiger partial charge in [-0.1, -0.05) is 19.8 Å². The zero-order valence-electron chi connectivity index (χ0n) is 13.0. The fourth-order valence-electron chi connectivity index (χ4n) is 4.33. The summed E-state index contributed by atoms with van der Waals surface area (Å²) >= 11 is 0. The lowest BCUT2D eigenvalue weighted by atomic mass is 9.83. The van der Waals surface area contributed by atoms with Crippen LogP contribution in [0.3, 0.4) is 0 Å². The maximum Gasteiger partial charge on any atom is 0.244 e. The normalized spacial score (nSPS) is 36.7. The number of aromatic nitrogens is 3. The third-order valence-corrected chi connectivity index (χ3v) is 5.78. The van der Waals surface area contributed by atoms with Crippen molar-refractivity contribution >= 4 is 5.95 Å². The molecule has 3 fully saturated rings. The van der Waals surface area contributed by atoms with Crippen molar-refractivity contribution in [2.24, 2.45) is 11.8 Å². The van der Waals surface area contributed by atoms with Gasteiger partial charge in [-0.25, -0.2) is 0 Å². The highest BCUT2D eigenvalue weighted by molar-refractivity contribution is 5.33. The Hall–Kier alpha value is -1.10. The average molecular weight is 289 g/mol. The molecule has 0 spiro atoms. The van der Waals surface area contributed by atoms with Crippen LogP contribution in [0.4, 0.5) is 5.95 Å². The van der Waals surface area contributed by atoms with Crippen LogP contribution in [0.5, 0.6) is 0 Å². The zero-order chi connectivity index (χ0) is 14.2. The van der Waals surface area contributed by atoms with Crippen molar-refractivity contribution in [3.8, 4) is 0 Å². The number of rotatable bonds is 2. The van der Waals surface area contributed by atoms with Crippen LogP contribution in [-0.4, -0.2) is 40.9 Å². The van der Waals surface area contributed by atoms with Crippen LogP contribution in [0.1, 0.15) is 57.2 Å². The summed E-state index contributed by atoms with van der Waals surface area (Å²) in [7, 11) is 0. The third kappa shape index (κ3) is 2.68. The monoisotopic (exact) mass is 289 g/mol. The molecule has 1 saturated carbocycles. The Morgan fingerprint density at radius 1 is 1.10 bits per heavy atom. The molecule has 2 unspecified atom stereocenters. The summed E-state index contributed by atoms with van der Waals surface area (Å²) in [5, 5.41) is 11.4. The van der Waals surface area contributed by atoms with E-state index >= 15 is 0 Å². The van der Waals surface area contributed by atoms with Crippen molar-refractivity contribution in [3.05, 3.63) is 5.82 Å². The molecule has 1 aliphatic carbocycles. The highest BCUT2D eigenvalue weighted by Gasteiger charge is 2.36. The Morgan fingerprint density at radius 3 is 2.76 bits per heavy atom. The number of nitrogens with zero attached hydrogens (tertiary/aromatic N) is 3. The Morgan fingerprint density at radius 2 is 1.95 bits per heavy atom. The lowest BCUT2D eigenvalue weighted by Gasteiger charge is -2.24. The fraction of sp³-hybridized carbons (Fsp3) is 0.875. The van der Waals surface area contributed by atoms with Crippen molar-refractivity contribution < 1.29 is 0 Å². The standard InChI is InChI=1S/C16H27N5/c1-11-4-6-12(7-5-11)15-18-16(20-19-15)21-9-13-3-2-8-17-14(13)10-21/h11-14,17H,2-10H2,1H3,(H,18,19,20). The van der Waals surface area contributed by atoms with E-state index in [1.807, 2.05) is 0 Å². The van der Waals surface area contributed by atoms with Gasteiger partial charge in [0, 0.05) is 25.0 Å². The van der Waals surface area contributed by atoms with Crippen molar-refractivity contribution in [3.63, 3.8) is 0 Å². The van der Waals surface area contributed by atoms with Crippen LogP contribution in [0.2, 0.25) is 0 Å². The Kier molecular flexibility index (Phi) is 3.61. The van der Waals surface area contributed by atoms with E-state index in [1.54, 1.807) is 0 Å². The molecule has 21 heavy (non-hydrogen) atoms. The summed E-state index contributed by atoms with van der Waals surface area (Å²) in [6.45, 7) is 5.73. The molecule has 116 valence electrons. The Balaban J connectivity index is 1.43. The summed E-state index contributed by atoms with van der Waals surface area (Å²) in [6, 6.07) is 0.649. The van der Waals surface area contributed by atoms with Gasteiger partial charge in [0.1, 0.15) is 5.82 Å². The quantitative estimate of drug-likeness (QED) is 0.877. The SMILES string of the molecule is CC1CCC(c2nc(N3CC4CCCNC4C3)n[nH]2)CC1. The first-order chi connectivity index (χ1) is 10.3. The van der Waals surface area contributed by atoms with Crippen LogP contribution in [0.25, 0.3) is 0 Å². The molecule has 5 heteroatoms. The molecule has 2 aliphatic heterocycles. The predicted molar refractivity (Wildman–Crippen MR) is 83.5 cm³/mol. The molecule has 0 amide bonds. The van der Waals surface area contributed by atoms with E-state index in [4.69, 9.17) is 4.98 Å². The van der Waals surface area contributed by atoms with Gasteiger partial charge in [-0.05, 0) is 44.1 Å². The summed E-state index contributed by atoms with van der Waals surface area (Å²) in [6.07, 6.45) is 7.86. The first-order valence-corrected chi connectivity index (χ1v) is 8.70. The largest absolute Gasteiger partial charge is 0.338 e. The Bertz CT molecular complexity index is 463. The molecule has 1 aromatic rings. The molecule has 0 bridgehead atoms. The van der Waals surface area contributed by atoms with Crippen molar-refractivity contribution in [2.45, 2.75) is 57.4 Å². The first-order valence-electron chi connectivity index (χ1n) is 8.70. The number of hydrogen-bond acceptors (Lipinski definition) is 4. The van der Waals surface area contributed by atoms with Crippen molar-refractivity contribution in [1.82, 2.24) is 20.5 Å². The number of nitrogens with one attached hydrogen (secondary N) is 2. The zero-order valence-corrected chi connectivity index (χ0v) is 13.0. The molecule has 3 aliphatic rings. The van der Waals surface area contributed by atoms with E-state index in [0.717, 1.165) is 36.7 Å². The van der Waals surface area contributed by atoms with E-state index in [2.05, 4.69) is 27.3 Å². The van der Waals surface area contributed by atoms with Crippen molar-refractivity contribution in [1.29, 1.82) is 0 Å². The Labute approximate surface area is 126 Å². The molecular formula is C16H27N5. The summed E-state index contributed by atoms with van der Waals surface area (Å²) in [4.78, 5) is 7.20. The van der Waals surface area contributed by atoms with Gasteiger partial charge in [0.2, 0.25) is 5.95 Å². The van der Waals surface area contributed by atoms with Gasteiger partial charge in [-0.15, -0.1) is 5.10 Å². The second kappa shape index (κ2) is 5.59. The van der Waals surface area contributed by atoms with Gasteiger partial charge in [-0.3, -0.25) is 5.10 Å². The smallest absolute Gasteiger partial charge is 0.244 e. The maximum absolute atomic E-state index is 4.83. The van der Waals surface area contributed by atoms with E-state index in [9.17, 15) is 0 Å². The number of H-pyrrole nitrogens is 1. The maximum atomic E-state index is 4.83. The number of hydrogen-bond donors (Lipinski definition) is 2. The highest BCUT2D eigenvalue weighted by Crippen LogP contribution is 2.35. The second-order valence-corrected chi connectivity index (χ2v) is 7.35. The lowest BCUT2D eigenvalue weighted by Crippen LogP contribution is -2.40. The van der Waals surface area contributed by atoms with Gasteiger partial charge in [0.05, 0.1) is 0 Å². The summed E-state index contributed by atoms with van der Waals surface area (Å²) < 4.78 is 0. The van der Waals surface area contributed by atoms with Gasteiger partial charge in [-0.2, -0.15) is 4.98 Å². The van der Waals surface area contributed by atoms with Gasteiger partial charge in [0.25, 0.3) is 0 Å². The number of anilines is 1. The summed E-state index contributed by atoms with van der Waals surface area (Å²) in [5.74, 6) is 4.33. The van der Waals surface area contributed by atoms with Gasteiger partial charge < -0.3 is 10.2 Å². The number of aromatic amines is 1. The van der Waals surface area contributed by atoms with E-state index in [0.29, 0.717) is 12.0 Å². The first kappa shape index (κ1) is 13.6.